The second-order valence-corrected chi connectivity index (χ2v) is 4.40. The van der Waals surface area contributed by atoms with E-state index in [2.05, 4.69) is 15.9 Å². The zero-order valence-electron chi connectivity index (χ0n) is 10.2. The summed E-state index contributed by atoms with van der Waals surface area (Å²) in [5.74, 6) is 1.76. The molecule has 0 heterocycles. The third-order valence-corrected chi connectivity index (χ3v) is 3.30. The van der Waals surface area contributed by atoms with Gasteiger partial charge in [0.1, 0.15) is 18.1 Å². The molecule has 0 atom stereocenters. The van der Waals surface area contributed by atoms with Crippen LogP contribution in [0.5, 0.6) is 11.5 Å². The highest BCUT2D eigenvalue weighted by atomic mass is 79.9. The zero-order valence-corrected chi connectivity index (χ0v) is 11.8. The lowest BCUT2D eigenvalue weighted by Crippen LogP contribution is -2.00. The Morgan fingerprint density at radius 2 is 1.50 bits per heavy atom. The summed E-state index contributed by atoms with van der Waals surface area (Å²) in [5, 5.41) is 0.787. The van der Waals surface area contributed by atoms with Gasteiger partial charge >= 0.3 is 0 Å². The highest BCUT2D eigenvalue weighted by Crippen LogP contribution is 2.24. The number of para-hydroxylation sites is 2. The SMILES string of the molecule is COc1ccccc1COc1ccccc1CBr. The summed E-state index contributed by atoms with van der Waals surface area (Å²) in [6.07, 6.45) is 0. The number of methoxy groups -OCH3 is 1. The minimum atomic E-state index is 0.508. The summed E-state index contributed by atoms with van der Waals surface area (Å²) in [6, 6.07) is 15.9. The van der Waals surface area contributed by atoms with Crippen LogP contribution in [-0.2, 0) is 11.9 Å². The van der Waals surface area contributed by atoms with Crippen molar-refractivity contribution in [2.45, 2.75) is 11.9 Å². The van der Waals surface area contributed by atoms with Gasteiger partial charge in [0.05, 0.1) is 7.11 Å². The highest BCUT2D eigenvalue weighted by molar-refractivity contribution is 9.08. The Kier molecular flexibility index (Phi) is 4.65. The topological polar surface area (TPSA) is 18.5 Å². The van der Waals surface area contributed by atoms with Crippen molar-refractivity contribution in [1.82, 2.24) is 0 Å². The molecule has 0 radical (unpaired) electrons. The van der Waals surface area contributed by atoms with Crippen LogP contribution in [0.2, 0.25) is 0 Å². The normalized spacial score (nSPS) is 10.1. The number of rotatable bonds is 5. The second kappa shape index (κ2) is 6.45. The molecule has 2 nitrogen and oxygen atoms in total. The van der Waals surface area contributed by atoms with Crippen molar-refractivity contribution in [3.63, 3.8) is 0 Å². The van der Waals surface area contributed by atoms with Gasteiger partial charge < -0.3 is 9.47 Å². The Morgan fingerprint density at radius 1 is 0.889 bits per heavy atom. The predicted molar refractivity (Wildman–Crippen MR) is 76.4 cm³/mol. The van der Waals surface area contributed by atoms with E-state index < -0.39 is 0 Å². The number of benzene rings is 2. The van der Waals surface area contributed by atoms with Gasteiger partial charge in [0.15, 0.2) is 0 Å². The largest absolute Gasteiger partial charge is 0.496 e. The van der Waals surface area contributed by atoms with Crippen molar-refractivity contribution in [1.29, 1.82) is 0 Å². The minimum absolute atomic E-state index is 0.508. The van der Waals surface area contributed by atoms with Crippen LogP contribution in [0.15, 0.2) is 48.5 Å². The molecular weight excluding hydrogens is 292 g/mol. The lowest BCUT2D eigenvalue weighted by atomic mass is 10.2. The average molecular weight is 307 g/mol. The lowest BCUT2D eigenvalue weighted by Gasteiger charge is -2.12. The molecular formula is C15H15BrO2. The molecule has 0 aromatic heterocycles. The van der Waals surface area contributed by atoms with Crippen LogP contribution in [0.25, 0.3) is 0 Å². The summed E-state index contributed by atoms with van der Waals surface area (Å²) in [6.45, 7) is 0.508. The number of hydrogen-bond acceptors (Lipinski definition) is 2. The van der Waals surface area contributed by atoms with E-state index in [9.17, 15) is 0 Å². The Labute approximate surface area is 116 Å². The zero-order chi connectivity index (χ0) is 12.8. The molecule has 2 aromatic rings. The molecule has 94 valence electrons. The van der Waals surface area contributed by atoms with Gasteiger partial charge in [-0.1, -0.05) is 52.3 Å². The molecule has 0 amide bonds. The van der Waals surface area contributed by atoms with Crippen molar-refractivity contribution in [3.05, 3.63) is 59.7 Å². The van der Waals surface area contributed by atoms with Gasteiger partial charge in [0.25, 0.3) is 0 Å². The van der Waals surface area contributed by atoms with Gasteiger partial charge in [0, 0.05) is 16.5 Å². The van der Waals surface area contributed by atoms with E-state index in [0.717, 1.165) is 28.0 Å². The van der Waals surface area contributed by atoms with E-state index in [-0.39, 0.29) is 0 Å². The van der Waals surface area contributed by atoms with Crippen LogP contribution in [0.1, 0.15) is 11.1 Å². The van der Waals surface area contributed by atoms with Crippen LogP contribution < -0.4 is 9.47 Å². The van der Waals surface area contributed by atoms with E-state index in [1.165, 1.54) is 0 Å². The van der Waals surface area contributed by atoms with E-state index in [4.69, 9.17) is 9.47 Å². The summed E-state index contributed by atoms with van der Waals surface area (Å²) in [5.41, 5.74) is 2.19. The van der Waals surface area contributed by atoms with Gasteiger partial charge in [-0.2, -0.15) is 0 Å². The second-order valence-electron chi connectivity index (χ2n) is 3.84. The molecule has 0 unspecified atom stereocenters. The molecule has 0 saturated heterocycles. The van der Waals surface area contributed by atoms with Crippen LogP contribution >= 0.6 is 15.9 Å². The Morgan fingerprint density at radius 3 is 2.17 bits per heavy atom. The molecule has 2 aromatic carbocycles. The van der Waals surface area contributed by atoms with Crippen molar-refractivity contribution >= 4 is 15.9 Å². The van der Waals surface area contributed by atoms with Crippen molar-refractivity contribution in [2.24, 2.45) is 0 Å². The van der Waals surface area contributed by atoms with Gasteiger partial charge in [-0.25, -0.2) is 0 Å². The maximum atomic E-state index is 5.85. The maximum absolute atomic E-state index is 5.85. The first-order valence-electron chi connectivity index (χ1n) is 5.73. The van der Waals surface area contributed by atoms with Gasteiger partial charge in [0.2, 0.25) is 0 Å². The summed E-state index contributed by atoms with van der Waals surface area (Å²) in [4.78, 5) is 0. The molecule has 0 bridgehead atoms. The summed E-state index contributed by atoms with van der Waals surface area (Å²) < 4.78 is 11.1. The molecule has 0 spiro atoms. The first-order valence-corrected chi connectivity index (χ1v) is 6.86. The van der Waals surface area contributed by atoms with Gasteiger partial charge in [-0.3, -0.25) is 0 Å². The van der Waals surface area contributed by atoms with Crippen LogP contribution in [-0.4, -0.2) is 7.11 Å². The third kappa shape index (κ3) is 3.05. The summed E-state index contributed by atoms with van der Waals surface area (Å²) in [7, 11) is 1.67. The highest BCUT2D eigenvalue weighted by Gasteiger charge is 2.05. The molecule has 0 saturated carbocycles. The van der Waals surface area contributed by atoms with Crippen LogP contribution in [0.4, 0.5) is 0 Å². The van der Waals surface area contributed by atoms with E-state index in [1.54, 1.807) is 7.11 Å². The molecule has 3 heteroatoms. The maximum Gasteiger partial charge on any atom is 0.125 e. The van der Waals surface area contributed by atoms with Crippen molar-refractivity contribution in [2.75, 3.05) is 7.11 Å². The fourth-order valence-corrected chi connectivity index (χ4v) is 2.20. The number of ether oxygens (including phenoxy) is 2. The predicted octanol–water partition coefficient (Wildman–Crippen LogP) is 4.17. The first-order chi connectivity index (χ1) is 8.85. The van der Waals surface area contributed by atoms with Crippen molar-refractivity contribution in [3.8, 4) is 11.5 Å². The molecule has 0 aliphatic carbocycles. The van der Waals surface area contributed by atoms with E-state index >= 15 is 0 Å². The Hall–Kier alpha value is -1.48. The minimum Gasteiger partial charge on any atom is -0.496 e. The van der Waals surface area contributed by atoms with Gasteiger partial charge in [-0.05, 0) is 12.1 Å². The average Bonchev–Trinajstić information content (AvgIpc) is 2.45. The molecule has 0 N–H and O–H groups in total. The quantitative estimate of drug-likeness (QED) is 0.772. The Bertz CT molecular complexity index is 464. The molecule has 18 heavy (non-hydrogen) atoms. The standard InChI is InChI=1S/C15H15BrO2/c1-17-14-8-4-3-7-13(14)11-18-15-9-5-2-6-12(15)10-16/h2-9H,10-11H2,1H3. The molecule has 0 aliphatic heterocycles. The smallest absolute Gasteiger partial charge is 0.125 e. The van der Waals surface area contributed by atoms with E-state index in [0.29, 0.717) is 6.61 Å². The molecule has 2 rings (SSSR count). The summed E-state index contributed by atoms with van der Waals surface area (Å²) >= 11 is 3.46. The number of halogens is 1. The fraction of sp³-hybridized carbons (Fsp3) is 0.200. The van der Waals surface area contributed by atoms with Crippen molar-refractivity contribution < 1.29 is 9.47 Å². The van der Waals surface area contributed by atoms with Gasteiger partial charge in [-0.15, -0.1) is 0 Å². The number of alkyl halides is 1. The lowest BCUT2D eigenvalue weighted by molar-refractivity contribution is 0.294. The number of hydrogen-bond donors (Lipinski definition) is 0. The Balaban J connectivity index is 2.11. The first kappa shape index (κ1) is 13.0. The fourth-order valence-electron chi connectivity index (χ4n) is 1.73. The molecule has 0 fully saturated rings. The van der Waals surface area contributed by atoms with Crippen LogP contribution in [0, 0.1) is 0 Å². The monoisotopic (exact) mass is 306 g/mol. The molecule has 0 aliphatic rings. The van der Waals surface area contributed by atoms with Crippen LogP contribution in [0.3, 0.4) is 0 Å². The third-order valence-electron chi connectivity index (χ3n) is 2.69. The van der Waals surface area contributed by atoms with E-state index in [1.807, 2.05) is 48.5 Å².